The summed E-state index contributed by atoms with van der Waals surface area (Å²) < 4.78 is 0. The molecule has 0 radical (unpaired) electrons. The van der Waals surface area contributed by atoms with E-state index < -0.39 is 5.54 Å². The lowest BCUT2D eigenvalue weighted by atomic mass is 9.95. The molecule has 0 spiro atoms. The van der Waals surface area contributed by atoms with E-state index in [0.717, 1.165) is 30.3 Å². The lowest BCUT2D eigenvalue weighted by Gasteiger charge is -2.26. The number of amides is 1. The number of hydrogen-bond donors (Lipinski definition) is 3. The van der Waals surface area contributed by atoms with Crippen LogP contribution in [0.1, 0.15) is 26.7 Å². The van der Waals surface area contributed by atoms with Crippen molar-refractivity contribution in [1.29, 1.82) is 0 Å². The van der Waals surface area contributed by atoms with E-state index in [1.807, 2.05) is 13.8 Å². The van der Waals surface area contributed by atoms with E-state index in [4.69, 9.17) is 5.73 Å². The van der Waals surface area contributed by atoms with E-state index in [1.54, 1.807) is 11.8 Å². The second kappa shape index (κ2) is 6.61. The fourth-order valence-electron chi connectivity index (χ4n) is 1.55. The van der Waals surface area contributed by atoms with Crippen LogP contribution < -0.4 is 11.1 Å². The van der Waals surface area contributed by atoms with Crippen LogP contribution in [0, 0.1) is 0 Å². The quantitative estimate of drug-likeness (QED) is 0.466. The van der Waals surface area contributed by atoms with Gasteiger partial charge in [0.15, 0.2) is 5.16 Å². The Morgan fingerprint density at radius 2 is 2.47 bits per heavy atom. The van der Waals surface area contributed by atoms with Crippen molar-refractivity contribution in [3.05, 3.63) is 6.33 Å². The zero-order chi connectivity index (χ0) is 12.7. The fourth-order valence-corrected chi connectivity index (χ4v) is 2.27. The van der Waals surface area contributed by atoms with Crippen molar-refractivity contribution >= 4 is 17.7 Å². The number of aromatic nitrogens is 3. The van der Waals surface area contributed by atoms with E-state index in [2.05, 4.69) is 20.5 Å². The first kappa shape index (κ1) is 14.0. The van der Waals surface area contributed by atoms with Crippen LogP contribution in [0.15, 0.2) is 11.5 Å². The molecule has 1 aromatic heterocycles. The molecule has 1 aromatic rings. The predicted octanol–water partition coefficient (Wildman–Crippen LogP) is 0.530. The van der Waals surface area contributed by atoms with Gasteiger partial charge in [0.2, 0.25) is 5.91 Å². The summed E-state index contributed by atoms with van der Waals surface area (Å²) in [5, 5.41) is 10.5. The molecule has 0 aromatic carbocycles. The predicted molar refractivity (Wildman–Crippen MR) is 67.6 cm³/mol. The molecule has 0 saturated carbocycles. The number of nitrogens with two attached hydrogens (primary N) is 1. The molecular weight excluding hydrogens is 238 g/mol. The number of carbonyl (C=O) groups is 1. The number of nitrogens with zero attached hydrogens (tertiary/aromatic N) is 2. The van der Waals surface area contributed by atoms with Crippen molar-refractivity contribution in [2.75, 3.05) is 12.3 Å². The summed E-state index contributed by atoms with van der Waals surface area (Å²) in [6.45, 7) is 4.54. The topological polar surface area (TPSA) is 96.7 Å². The van der Waals surface area contributed by atoms with Crippen LogP contribution in [0.3, 0.4) is 0 Å². The average Bonchev–Trinajstić information content (AvgIpc) is 2.77. The van der Waals surface area contributed by atoms with Gasteiger partial charge in [0, 0.05) is 5.75 Å². The molecule has 1 rings (SSSR count). The minimum atomic E-state index is -0.614. The van der Waals surface area contributed by atoms with Crippen LogP contribution in [0.5, 0.6) is 0 Å². The van der Waals surface area contributed by atoms with Gasteiger partial charge in [-0.25, -0.2) is 4.98 Å². The molecule has 0 fully saturated rings. The molecule has 0 aliphatic heterocycles. The molecule has 17 heavy (non-hydrogen) atoms. The van der Waals surface area contributed by atoms with E-state index >= 15 is 0 Å². The van der Waals surface area contributed by atoms with E-state index in [1.165, 1.54) is 6.33 Å². The summed E-state index contributed by atoms with van der Waals surface area (Å²) in [5.74, 6) is 0.577. The van der Waals surface area contributed by atoms with Crippen molar-refractivity contribution in [1.82, 2.24) is 20.5 Å². The molecule has 1 atom stereocenters. The van der Waals surface area contributed by atoms with Crippen LogP contribution in [0.4, 0.5) is 0 Å². The molecule has 1 amide bonds. The zero-order valence-corrected chi connectivity index (χ0v) is 11.0. The second-order valence-corrected chi connectivity index (χ2v) is 5.05. The lowest BCUT2D eigenvalue weighted by molar-refractivity contribution is -0.124. The maximum absolute atomic E-state index is 11.4. The van der Waals surface area contributed by atoms with Crippen molar-refractivity contribution < 1.29 is 4.79 Å². The molecular formula is C10H19N5OS. The highest BCUT2D eigenvalue weighted by molar-refractivity contribution is 7.99. The molecule has 4 N–H and O–H groups in total. The first-order valence-electron chi connectivity index (χ1n) is 5.61. The van der Waals surface area contributed by atoms with Gasteiger partial charge in [0.05, 0.1) is 5.54 Å². The molecule has 0 aliphatic carbocycles. The third-order valence-corrected chi connectivity index (χ3v) is 3.53. The summed E-state index contributed by atoms with van der Waals surface area (Å²) in [7, 11) is 0. The molecule has 1 unspecified atom stereocenters. The monoisotopic (exact) mass is 257 g/mol. The molecule has 0 aliphatic rings. The van der Waals surface area contributed by atoms with Crippen LogP contribution in [-0.2, 0) is 4.79 Å². The summed E-state index contributed by atoms with van der Waals surface area (Å²) in [4.78, 5) is 15.4. The Bertz CT molecular complexity index is 342. The van der Waals surface area contributed by atoms with E-state index in [9.17, 15) is 4.79 Å². The Hall–Kier alpha value is -1.08. The summed E-state index contributed by atoms with van der Waals surface area (Å²) in [5.41, 5.74) is 4.78. The first-order valence-corrected chi connectivity index (χ1v) is 6.60. The van der Waals surface area contributed by atoms with Gasteiger partial charge in [-0.3, -0.25) is 9.89 Å². The lowest BCUT2D eigenvalue weighted by Crippen LogP contribution is -2.53. The largest absolute Gasteiger partial charge is 0.368 e. The Morgan fingerprint density at radius 1 is 1.71 bits per heavy atom. The number of rotatable bonds is 8. The van der Waals surface area contributed by atoms with E-state index in [-0.39, 0.29) is 5.91 Å². The van der Waals surface area contributed by atoms with Crippen molar-refractivity contribution in [2.24, 2.45) is 5.73 Å². The first-order chi connectivity index (χ1) is 8.08. The maximum Gasteiger partial charge on any atom is 0.237 e. The molecule has 0 bridgehead atoms. The Labute approximate surface area is 105 Å². The SMILES string of the molecule is CCNC(C)(CCCSc1ncn[nH]1)C(N)=O. The number of likely N-dealkylation sites (N-methyl/N-ethyl adjacent to an activating group) is 1. The van der Waals surface area contributed by atoms with Crippen LogP contribution in [0.2, 0.25) is 0 Å². The highest BCUT2D eigenvalue weighted by Gasteiger charge is 2.28. The number of carbonyl (C=O) groups excluding carboxylic acids is 1. The van der Waals surface area contributed by atoms with Gasteiger partial charge in [-0.05, 0) is 26.3 Å². The smallest absolute Gasteiger partial charge is 0.237 e. The summed E-state index contributed by atoms with van der Waals surface area (Å²) in [6.07, 6.45) is 3.09. The maximum atomic E-state index is 11.4. The van der Waals surface area contributed by atoms with Gasteiger partial charge < -0.3 is 11.1 Å². The van der Waals surface area contributed by atoms with Gasteiger partial charge in [0.1, 0.15) is 6.33 Å². The molecule has 7 heteroatoms. The molecule has 1 heterocycles. The standard InChI is InChI=1S/C10H19N5OS/c1-3-13-10(2,8(11)16)5-4-6-17-9-12-7-14-15-9/h7,13H,3-6H2,1-2H3,(H2,11,16)(H,12,14,15). The minimum Gasteiger partial charge on any atom is -0.368 e. The average molecular weight is 257 g/mol. The summed E-state index contributed by atoms with van der Waals surface area (Å²) >= 11 is 1.59. The normalized spacial score (nSPS) is 14.5. The highest BCUT2D eigenvalue weighted by atomic mass is 32.2. The van der Waals surface area contributed by atoms with Gasteiger partial charge in [-0.15, -0.1) is 0 Å². The zero-order valence-electron chi connectivity index (χ0n) is 10.2. The van der Waals surface area contributed by atoms with Crippen molar-refractivity contribution in [3.63, 3.8) is 0 Å². The third-order valence-electron chi connectivity index (χ3n) is 2.56. The fraction of sp³-hybridized carbons (Fsp3) is 0.700. The number of primary amides is 1. The van der Waals surface area contributed by atoms with Crippen LogP contribution >= 0.6 is 11.8 Å². The number of aromatic amines is 1. The van der Waals surface area contributed by atoms with Gasteiger partial charge in [-0.1, -0.05) is 18.7 Å². The number of nitrogens with one attached hydrogen (secondary N) is 2. The minimum absolute atomic E-state index is 0.302. The molecule has 6 nitrogen and oxygen atoms in total. The highest BCUT2D eigenvalue weighted by Crippen LogP contribution is 2.17. The van der Waals surface area contributed by atoms with Crippen LogP contribution in [-0.4, -0.2) is 38.9 Å². The van der Waals surface area contributed by atoms with Gasteiger partial charge in [-0.2, -0.15) is 5.10 Å². The van der Waals surface area contributed by atoms with Gasteiger partial charge in [0.25, 0.3) is 0 Å². The Balaban J connectivity index is 2.30. The van der Waals surface area contributed by atoms with E-state index in [0.29, 0.717) is 0 Å². The Kier molecular flexibility index (Phi) is 5.43. The number of H-pyrrole nitrogens is 1. The molecule has 0 saturated heterocycles. The van der Waals surface area contributed by atoms with Gasteiger partial charge >= 0.3 is 0 Å². The number of thioether (sulfide) groups is 1. The van der Waals surface area contributed by atoms with Crippen molar-refractivity contribution in [2.45, 2.75) is 37.4 Å². The molecule has 96 valence electrons. The Morgan fingerprint density at radius 3 is 3.00 bits per heavy atom. The van der Waals surface area contributed by atoms with Crippen molar-refractivity contribution in [3.8, 4) is 0 Å². The number of hydrogen-bond acceptors (Lipinski definition) is 5. The third kappa shape index (κ3) is 4.35. The second-order valence-electron chi connectivity index (χ2n) is 3.97. The van der Waals surface area contributed by atoms with Crippen LogP contribution in [0.25, 0.3) is 0 Å². The summed E-state index contributed by atoms with van der Waals surface area (Å²) in [6, 6.07) is 0.